The van der Waals surface area contributed by atoms with Crippen LogP contribution in [0.25, 0.3) is 10.9 Å². The lowest BCUT2D eigenvalue weighted by Crippen LogP contribution is -2.23. The van der Waals surface area contributed by atoms with Gasteiger partial charge in [-0.15, -0.1) is 21.5 Å². The lowest BCUT2D eigenvalue weighted by atomic mass is 10.1. The van der Waals surface area contributed by atoms with E-state index in [1.807, 2.05) is 43.3 Å². The first-order valence-electron chi connectivity index (χ1n) is 11.5. The minimum atomic E-state index is -0.351. The average Bonchev–Trinajstić information content (AvgIpc) is 3.54. The maximum absolute atomic E-state index is 13.1. The van der Waals surface area contributed by atoms with Crippen molar-refractivity contribution in [2.45, 2.75) is 36.7 Å². The van der Waals surface area contributed by atoms with Crippen molar-refractivity contribution in [3.8, 4) is 0 Å². The number of nitrogens with zero attached hydrogens (tertiary/aromatic N) is 4. The summed E-state index contributed by atoms with van der Waals surface area (Å²) in [5, 5.41) is 15.5. The van der Waals surface area contributed by atoms with Gasteiger partial charge in [0.05, 0.1) is 16.5 Å². The number of aromatic nitrogens is 4. The van der Waals surface area contributed by atoms with E-state index >= 15 is 0 Å². The van der Waals surface area contributed by atoms with Crippen molar-refractivity contribution in [3.05, 3.63) is 101 Å². The molecule has 1 atom stereocenters. The summed E-state index contributed by atoms with van der Waals surface area (Å²) in [5.74, 6) is 0.836. The van der Waals surface area contributed by atoms with Gasteiger partial charge >= 0.3 is 0 Å². The van der Waals surface area contributed by atoms with Crippen LogP contribution in [-0.2, 0) is 24.2 Å². The Morgan fingerprint density at radius 1 is 1.03 bits per heavy atom. The lowest BCUT2D eigenvalue weighted by Gasteiger charge is -2.15. The van der Waals surface area contributed by atoms with E-state index in [0.29, 0.717) is 0 Å². The molecule has 0 fully saturated rings. The highest BCUT2D eigenvalue weighted by molar-refractivity contribution is 8.00. The predicted octanol–water partition coefficient (Wildman–Crippen LogP) is 5.84. The Morgan fingerprint density at radius 2 is 1.91 bits per heavy atom. The van der Waals surface area contributed by atoms with E-state index in [1.54, 1.807) is 17.5 Å². The largest absolute Gasteiger partial charge is 0.324 e. The molecule has 0 aliphatic rings. The number of fused-ring (bicyclic) bond motifs is 1. The second-order valence-electron chi connectivity index (χ2n) is 8.17. The van der Waals surface area contributed by atoms with Crippen molar-refractivity contribution in [3.63, 3.8) is 0 Å². The molecule has 0 radical (unpaired) electrons. The van der Waals surface area contributed by atoms with Gasteiger partial charge < -0.3 is 9.88 Å². The Kier molecular flexibility index (Phi) is 7.20. The van der Waals surface area contributed by atoms with E-state index in [-0.39, 0.29) is 11.2 Å². The standard InChI is InChI=1S/C27H25N5OS2/c1-19(26(33)29-24-13-5-12-23-22(24)11-6-15-28-23)35-27-31-30-25(18-21-10-7-17-34-21)32(27)16-14-20-8-3-2-4-9-20/h2-13,15,17,19H,14,16,18H2,1H3,(H,29,33). The number of thioether (sulfide) groups is 1. The molecule has 1 N–H and O–H groups in total. The number of anilines is 1. The SMILES string of the molecule is CC(Sc1nnc(Cc2cccs2)n1CCc1ccccc1)C(=O)Nc1cccc2ncccc12. The highest BCUT2D eigenvalue weighted by Crippen LogP contribution is 2.27. The number of thiophene rings is 1. The summed E-state index contributed by atoms with van der Waals surface area (Å²) in [4.78, 5) is 18.7. The number of carbonyl (C=O) groups is 1. The summed E-state index contributed by atoms with van der Waals surface area (Å²) >= 11 is 3.15. The number of pyridine rings is 1. The quantitative estimate of drug-likeness (QED) is 0.258. The molecule has 3 heterocycles. The second kappa shape index (κ2) is 10.8. The van der Waals surface area contributed by atoms with E-state index in [1.165, 1.54) is 22.2 Å². The summed E-state index contributed by atoms with van der Waals surface area (Å²) in [5.41, 5.74) is 2.87. The van der Waals surface area contributed by atoms with Crippen LogP contribution in [0, 0.1) is 0 Å². The molecule has 8 heteroatoms. The topological polar surface area (TPSA) is 72.7 Å². The maximum atomic E-state index is 13.1. The van der Waals surface area contributed by atoms with Gasteiger partial charge in [0.2, 0.25) is 5.91 Å². The molecule has 2 aromatic carbocycles. The van der Waals surface area contributed by atoms with Crippen LogP contribution in [0.4, 0.5) is 5.69 Å². The summed E-state index contributed by atoms with van der Waals surface area (Å²) < 4.78 is 2.16. The molecule has 35 heavy (non-hydrogen) atoms. The lowest BCUT2D eigenvalue weighted by molar-refractivity contribution is -0.115. The fourth-order valence-corrected chi connectivity index (χ4v) is 5.47. The van der Waals surface area contributed by atoms with E-state index in [0.717, 1.165) is 47.0 Å². The monoisotopic (exact) mass is 499 g/mol. The molecule has 3 aromatic heterocycles. The fourth-order valence-electron chi connectivity index (χ4n) is 3.87. The van der Waals surface area contributed by atoms with Gasteiger partial charge in [-0.1, -0.05) is 54.2 Å². The smallest absolute Gasteiger partial charge is 0.237 e. The van der Waals surface area contributed by atoms with Crippen molar-refractivity contribution >= 4 is 45.6 Å². The third-order valence-corrected chi connectivity index (χ3v) is 7.68. The molecule has 5 rings (SSSR count). The number of rotatable bonds is 9. The molecular weight excluding hydrogens is 474 g/mol. The zero-order valence-electron chi connectivity index (χ0n) is 19.3. The van der Waals surface area contributed by atoms with Crippen molar-refractivity contribution in [2.75, 3.05) is 5.32 Å². The number of hydrogen-bond donors (Lipinski definition) is 1. The van der Waals surface area contributed by atoms with Gasteiger partial charge in [0.25, 0.3) is 0 Å². The normalized spacial score (nSPS) is 12.0. The first-order chi connectivity index (χ1) is 17.2. The molecule has 0 aliphatic heterocycles. The molecule has 1 amide bonds. The molecule has 0 saturated heterocycles. The van der Waals surface area contributed by atoms with Crippen LogP contribution >= 0.6 is 23.1 Å². The number of nitrogens with one attached hydrogen (secondary N) is 1. The van der Waals surface area contributed by atoms with Gasteiger partial charge in [-0.05, 0) is 54.6 Å². The average molecular weight is 500 g/mol. The third-order valence-electron chi connectivity index (χ3n) is 5.73. The van der Waals surface area contributed by atoms with Crippen LogP contribution in [-0.4, -0.2) is 30.9 Å². The van der Waals surface area contributed by atoms with Crippen LogP contribution in [0.3, 0.4) is 0 Å². The predicted molar refractivity (Wildman–Crippen MR) is 143 cm³/mol. The highest BCUT2D eigenvalue weighted by atomic mass is 32.2. The van der Waals surface area contributed by atoms with Gasteiger partial charge in [0.15, 0.2) is 5.16 Å². The Labute approximate surface area is 212 Å². The number of carbonyl (C=O) groups excluding carboxylic acids is 1. The van der Waals surface area contributed by atoms with E-state index in [2.05, 4.69) is 66.8 Å². The molecule has 0 saturated carbocycles. The molecule has 0 aliphatic carbocycles. The molecule has 1 unspecified atom stereocenters. The van der Waals surface area contributed by atoms with Gasteiger partial charge in [0, 0.05) is 29.4 Å². The third kappa shape index (κ3) is 5.61. The van der Waals surface area contributed by atoms with Crippen LogP contribution in [0.5, 0.6) is 0 Å². The summed E-state index contributed by atoms with van der Waals surface area (Å²) in [6, 6.07) is 24.1. The fraction of sp³-hybridized carbons (Fsp3) is 0.185. The van der Waals surface area contributed by atoms with Gasteiger partial charge in [-0.2, -0.15) is 0 Å². The molecule has 6 nitrogen and oxygen atoms in total. The number of benzene rings is 2. The minimum Gasteiger partial charge on any atom is -0.324 e. The molecule has 176 valence electrons. The Morgan fingerprint density at radius 3 is 2.74 bits per heavy atom. The molecule has 5 aromatic rings. The van der Waals surface area contributed by atoms with E-state index < -0.39 is 0 Å². The molecule has 0 bridgehead atoms. The van der Waals surface area contributed by atoms with Crippen molar-refractivity contribution < 1.29 is 4.79 Å². The van der Waals surface area contributed by atoms with Gasteiger partial charge in [-0.25, -0.2) is 0 Å². The van der Waals surface area contributed by atoms with Crippen molar-refractivity contribution in [1.82, 2.24) is 19.7 Å². The number of hydrogen-bond acceptors (Lipinski definition) is 6. The summed E-state index contributed by atoms with van der Waals surface area (Å²) in [6.07, 6.45) is 3.35. The number of aryl methyl sites for hydroxylation is 1. The minimum absolute atomic E-state index is 0.0798. The first kappa shape index (κ1) is 23.3. The van der Waals surface area contributed by atoms with Gasteiger partial charge in [-0.3, -0.25) is 9.78 Å². The Balaban J connectivity index is 1.34. The zero-order valence-corrected chi connectivity index (χ0v) is 20.9. The zero-order chi connectivity index (χ0) is 24.0. The maximum Gasteiger partial charge on any atom is 0.237 e. The van der Waals surface area contributed by atoms with E-state index in [4.69, 9.17) is 0 Å². The Bertz CT molecular complexity index is 1410. The highest BCUT2D eigenvalue weighted by Gasteiger charge is 2.21. The second-order valence-corrected chi connectivity index (χ2v) is 10.5. The van der Waals surface area contributed by atoms with Crippen LogP contribution in [0.2, 0.25) is 0 Å². The number of amides is 1. The molecule has 0 spiro atoms. The summed E-state index contributed by atoms with van der Waals surface area (Å²) in [7, 11) is 0. The van der Waals surface area contributed by atoms with Crippen LogP contribution < -0.4 is 5.32 Å². The van der Waals surface area contributed by atoms with Gasteiger partial charge in [0.1, 0.15) is 5.82 Å². The van der Waals surface area contributed by atoms with Crippen molar-refractivity contribution in [2.24, 2.45) is 0 Å². The Hall–Kier alpha value is -3.49. The van der Waals surface area contributed by atoms with Crippen LogP contribution in [0.1, 0.15) is 23.2 Å². The first-order valence-corrected chi connectivity index (χ1v) is 13.2. The molecular formula is C27H25N5OS2. The summed E-state index contributed by atoms with van der Waals surface area (Å²) in [6.45, 7) is 2.65. The van der Waals surface area contributed by atoms with Crippen molar-refractivity contribution in [1.29, 1.82) is 0 Å². The van der Waals surface area contributed by atoms with E-state index in [9.17, 15) is 4.79 Å². The van der Waals surface area contributed by atoms with Crippen LogP contribution in [0.15, 0.2) is 89.5 Å².